The van der Waals surface area contributed by atoms with Crippen LogP contribution < -0.4 is 0 Å². The summed E-state index contributed by atoms with van der Waals surface area (Å²) in [6.07, 6.45) is 12.5. The lowest BCUT2D eigenvalue weighted by Crippen LogP contribution is -2.44. The monoisotopic (exact) mass is 591 g/mol. The molecule has 4 rings (SSSR count). The molecule has 1 aliphatic heterocycles. The van der Waals surface area contributed by atoms with Crippen molar-refractivity contribution < 1.29 is 9.53 Å². The fourth-order valence-corrected chi connectivity index (χ4v) is 5.18. The van der Waals surface area contributed by atoms with Gasteiger partial charge in [0.05, 0.1) is 41.7 Å². The van der Waals surface area contributed by atoms with Gasteiger partial charge in [-0.2, -0.15) is 0 Å². The molecule has 0 aliphatic carbocycles. The molecule has 1 amide bonds. The second-order valence-electron chi connectivity index (χ2n) is 10.3. The van der Waals surface area contributed by atoms with Crippen molar-refractivity contribution in [1.29, 1.82) is 0 Å². The van der Waals surface area contributed by atoms with Gasteiger partial charge in [-0.3, -0.25) is 19.7 Å². The van der Waals surface area contributed by atoms with Gasteiger partial charge in [0.25, 0.3) is 5.91 Å². The third-order valence-electron chi connectivity index (χ3n) is 6.85. The summed E-state index contributed by atoms with van der Waals surface area (Å²) in [5.74, 6) is -0.278. The first-order chi connectivity index (χ1) is 21.3. The first-order valence-corrected chi connectivity index (χ1v) is 15.2. The first-order valence-electron chi connectivity index (χ1n) is 15.2. The quantitative estimate of drug-likeness (QED) is 0.110. The molecule has 1 saturated heterocycles. The van der Waals surface area contributed by atoms with E-state index in [9.17, 15) is 4.79 Å². The minimum atomic E-state index is -0.278. The number of pyridine rings is 1. The Hall–Kier alpha value is -4.62. The molecule has 0 saturated carbocycles. The highest BCUT2D eigenvalue weighted by Gasteiger charge is 2.23. The Morgan fingerprint density at radius 2 is 1.80 bits per heavy atom. The lowest BCUT2D eigenvalue weighted by atomic mass is 9.99. The number of nitrogens with zero attached hydrogens (tertiary/aromatic N) is 5. The van der Waals surface area contributed by atoms with E-state index in [2.05, 4.69) is 58.5 Å². The Balaban J connectivity index is 0.00000259. The molecule has 230 valence electrons. The van der Waals surface area contributed by atoms with Crippen LogP contribution in [0.4, 0.5) is 0 Å². The molecule has 2 atom stereocenters. The van der Waals surface area contributed by atoms with Crippen molar-refractivity contribution >= 4 is 35.1 Å². The van der Waals surface area contributed by atoms with Crippen LogP contribution in [0.1, 0.15) is 47.1 Å². The van der Waals surface area contributed by atoms with Crippen molar-refractivity contribution in [2.24, 2.45) is 9.98 Å². The fraction of sp³-hybridized carbons (Fsp3) is 0.297. The molecule has 0 radical (unpaired) electrons. The van der Waals surface area contributed by atoms with Gasteiger partial charge in [0.1, 0.15) is 0 Å². The highest BCUT2D eigenvalue weighted by molar-refractivity contribution is 6.01. The van der Waals surface area contributed by atoms with Crippen molar-refractivity contribution in [2.45, 2.75) is 53.8 Å². The van der Waals surface area contributed by atoms with Gasteiger partial charge in [-0.1, -0.05) is 62.9 Å². The largest absolute Gasteiger partial charge is 0.372 e. The van der Waals surface area contributed by atoms with E-state index in [-0.39, 0.29) is 18.1 Å². The SMILES string of the molecule is C=CC(=O)N(C(/C=C\C)=C/N=CN1CC(C)OC(C)C1)/C(=C(\C)C=NC)c1cccc(-c2cnc3ccccc3c2)c1.CC. The number of carbonyl (C=O) groups excluding carboxylic acids is 1. The minimum absolute atomic E-state index is 0.119. The highest BCUT2D eigenvalue weighted by atomic mass is 16.5. The van der Waals surface area contributed by atoms with Crippen LogP contribution in [-0.2, 0) is 9.53 Å². The van der Waals surface area contributed by atoms with E-state index in [4.69, 9.17) is 4.74 Å². The van der Waals surface area contributed by atoms with Crippen LogP contribution in [0, 0.1) is 0 Å². The van der Waals surface area contributed by atoms with Crippen LogP contribution >= 0.6 is 0 Å². The lowest BCUT2D eigenvalue weighted by molar-refractivity contribution is -0.121. The molecule has 1 fully saturated rings. The summed E-state index contributed by atoms with van der Waals surface area (Å²) in [6, 6.07) is 18.3. The van der Waals surface area contributed by atoms with Gasteiger partial charge in [-0.05, 0) is 74.7 Å². The van der Waals surface area contributed by atoms with Crippen molar-refractivity contribution in [1.82, 2.24) is 14.8 Å². The molecule has 1 aromatic heterocycles. The van der Waals surface area contributed by atoms with E-state index in [1.807, 2.05) is 88.8 Å². The summed E-state index contributed by atoms with van der Waals surface area (Å²) in [5, 5.41) is 1.06. The van der Waals surface area contributed by atoms with E-state index in [0.717, 1.165) is 46.3 Å². The van der Waals surface area contributed by atoms with Gasteiger partial charge in [0.15, 0.2) is 0 Å². The third-order valence-corrected chi connectivity index (χ3v) is 6.85. The summed E-state index contributed by atoms with van der Waals surface area (Å²) in [5.41, 5.74) is 5.87. The molecule has 44 heavy (non-hydrogen) atoms. The van der Waals surface area contributed by atoms with Gasteiger partial charge >= 0.3 is 0 Å². The van der Waals surface area contributed by atoms with Gasteiger partial charge < -0.3 is 9.64 Å². The van der Waals surface area contributed by atoms with Crippen LogP contribution in [0.5, 0.6) is 0 Å². The van der Waals surface area contributed by atoms with Crippen LogP contribution in [0.3, 0.4) is 0 Å². The zero-order valence-electron chi connectivity index (χ0n) is 27.1. The van der Waals surface area contributed by atoms with Crippen molar-refractivity contribution in [2.75, 3.05) is 20.1 Å². The maximum absolute atomic E-state index is 13.6. The predicted molar refractivity (Wildman–Crippen MR) is 186 cm³/mol. The smallest absolute Gasteiger partial charge is 0.255 e. The number of carbonyl (C=O) groups is 1. The Bertz CT molecular complexity index is 1570. The molecule has 2 heterocycles. The predicted octanol–water partition coefficient (Wildman–Crippen LogP) is 7.93. The summed E-state index contributed by atoms with van der Waals surface area (Å²) >= 11 is 0. The number of aromatic nitrogens is 1. The number of para-hydroxylation sites is 1. The molecule has 2 unspecified atom stereocenters. The minimum Gasteiger partial charge on any atom is -0.372 e. The molecule has 7 nitrogen and oxygen atoms in total. The number of benzene rings is 2. The average molecular weight is 592 g/mol. The molecule has 0 spiro atoms. The zero-order valence-corrected chi connectivity index (χ0v) is 27.1. The van der Waals surface area contributed by atoms with Crippen molar-refractivity contribution in [3.8, 4) is 11.1 Å². The molecule has 0 N–H and O–H groups in total. The number of rotatable bonds is 9. The van der Waals surface area contributed by atoms with Crippen LogP contribution in [0.2, 0.25) is 0 Å². The maximum atomic E-state index is 13.6. The lowest BCUT2D eigenvalue weighted by Gasteiger charge is -2.33. The highest BCUT2D eigenvalue weighted by Crippen LogP contribution is 2.32. The molecular formula is C37H45N5O2. The van der Waals surface area contributed by atoms with Crippen LogP contribution in [-0.4, -0.2) is 65.6 Å². The number of hydrogen-bond acceptors (Lipinski definition) is 5. The standard InChI is InChI=1S/C35H39N5O2.C2H6/c1-7-12-32(21-37-24-39-22-26(4)42-27(5)23-39)40(34(41)8-2)35(25(3)19-36-6)30-15-11-14-28(17-30)31-18-29-13-9-10-16-33(29)38-20-31;1-2/h7-21,24,26-27H,2,22-23H2,1,3-6H3;1-2H3/b12-7-,32-21+,35-25+,36-19?,37-24?;. The summed E-state index contributed by atoms with van der Waals surface area (Å²) in [4.78, 5) is 30.9. The Kier molecular flexibility index (Phi) is 13.0. The normalized spacial score (nSPS) is 18.0. The molecule has 2 aromatic carbocycles. The number of fused-ring (bicyclic) bond motifs is 1. The van der Waals surface area contributed by atoms with Crippen molar-refractivity contribution in [3.05, 3.63) is 109 Å². The van der Waals surface area contributed by atoms with E-state index in [1.165, 1.54) is 6.08 Å². The molecule has 1 aliphatic rings. The first kappa shape index (κ1) is 33.9. The van der Waals surface area contributed by atoms with E-state index < -0.39 is 0 Å². The van der Waals surface area contributed by atoms with Crippen LogP contribution in [0.15, 0.2) is 113 Å². The Morgan fingerprint density at radius 1 is 1.07 bits per heavy atom. The molecule has 3 aromatic rings. The average Bonchev–Trinajstić information content (AvgIpc) is 3.03. The summed E-state index contributed by atoms with van der Waals surface area (Å²) < 4.78 is 5.84. The topological polar surface area (TPSA) is 70.4 Å². The fourth-order valence-electron chi connectivity index (χ4n) is 5.18. The van der Waals surface area contributed by atoms with Gasteiger partial charge in [0, 0.05) is 43.5 Å². The van der Waals surface area contributed by atoms with Crippen molar-refractivity contribution in [3.63, 3.8) is 0 Å². The molecule has 7 heteroatoms. The zero-order chi connectivity index (χ0) is 32.1. The number of hydrogen-bond donors (Lipinski definition) is 0. The van der Waals surface area contributed by atoms with Gasteiger partial charge in [-0.15, -0.1) is 0 Å². The Labute approximate surface area is 262 Å². The molecule has 0 bridgehead atoms. The summed E-state index contributed by atoms with van der Waals surface area (Å²) in [7, 11) is 1.72. The number of amides is 1. The number of morpholine rings is 1. The second-order valence-corrected chi connectivity index (χ2v) is 10.3. The number of ether oxygens (including phenoxy) is 1. The third kappa shape index (κ3) is 8.71. The summed E-state index contributed by atoms with van der Waals surface area (Å²) in [6.45, 7) is 17.3. The second kappa shape index (κ2) is 16.9. The van der Waals surface area contributed by atoms with Gasteiger partial charge in [0.2, 0.25) is 0 Å². The number of aliphatic imine (C=N–C) groups is 2. The Morgan fingerprint density at radius 3 is 2.48 bits per heavy atom. The van der Waals surface area contributed by atoms with E-state index in [0.29, 0.717) is 11.4 Å². The molecular weight excluding hydrogens is 546 g/mol. The number of allylic oxidation sites excluding steroid dienone is 3. The maximum Gasteiger partial charge on any atom is 0.255 e. The van der Waals surface area contributed by atoms with Crippen LogP contribution in [0.25, 0.3) is 27.7 Å². The van der Waals surface area contributed by atoms with E-state index >= 15 is 0 Å². The van der Waals surface area contributed by atoms with E-state index in [1.54, 1.807) is 24.4 Å². The van der Waals surface area contributed by atoms with Gasteiger partial charge in [-0.25, -0.2) is 4.99 Å².